The maximum absolute atomic E-state index is 12.6. The van der Waals surface area contributed by atoms with E-state index in [0.717, 1.165) is 16.3 Å². The van der Waals surface area contributed by atoms with E-state index < -0.39 is 0 Å². The number of aromatic nitrogens is 1. The third kappa shape index (κ3) is 4.87. The van der Waals surface area contributed by atoms with E-state index in [-0.39, 0.29) is 12.3 Å². The molecule has 0 aliphatic rings. The molecule has 1 amide bonds. The predicted octanol–water partition coefficient (Wildman–Crippen LogP) is 6.75. The Morgan fingerprint density at radius 2 is 1.80 bits per heavy atom. The fourth-order valence-corrected chi connectivity index (χ4v) is 3.95. The van der Waals surface area contributed by atoms with Crippen LogP contribution in [0.25, 0.3) is 10.6 Å². The number of nitrogens with zero attached hydrogens (tertiary/aromatic N) is 1. The number of carbonyl (C=O) groups is 1. The van der Waals surface area contributed by atoms with E-state index in [1.807, 2.05) is 54.8 Å². The number of hydrogen-bond acceptors (Lipinski definition) is 4. The van der Waals surface area contributed by atoms with Gasteiger partial charge in [0.1, 0.15) is 10.8 Å². The number of carbonyl (C=O) groups excluding carboxylic acids is 1. The molecule has 6 heteroatoms. The lowest BCUT2D eigenvalue weighted by molar-refractivity contribution is -0.115. The third-order valence-corrected chi connectivity index (χ3v) is 5.63. The first-order valence-corrected chi connectivity index (χ1v) is 10.7. The fourth-order valence-electron chi connectivity index (χ4n) is 2.96. The first-order valence-electron chi connectivity index (χ1n) is 9.41. The monoisotopic (exact) mass is 434 g/mol. The highest BCUT2D eigenvalue weighted by Gasteiger charge is 2.13. The fraction of sp³-hybridized carbons (Fsp3) is 0.0833. The summed E-state index contributed by atoms with van der Waals surface area (Å²) in [6.07, 6.45) is 0.183. The molecule has 150 valence electrons. The number of nitrogens with one attached hydrogen (secondary N) is 1. The summed E-state index contributed by atoms with van der Waals surface area (Å²) < 4.78 is 5.90. The smallest absolute Gasteiger partial charge is 0.230 e. The lowest BCUT2D eigenvalue weighted by atomic mass is 10.1. The maximum atomic E-state index is 12.6. The molecule has 1 heterocycles. The molecule has 1 N–H and O–H groups in total. The van der Waals surface area contributed by atoms with Crippen LogP contribution >= 0.6 is 22.9 Å². The minimum absolute atomic E-state index is 0.161. The van der Waals surface area contributed by atoms with E-state index in [1.165, 1.54) is 16.9 Å². The summed E-state index contributed by atoms with van der Waals surface area (Å²) in [6, 6.07) is 22.7. The van der Waals surface area contributed by atoms with Gasteiger partial charge in [0, 0.05) is 10.9 Å². The number of halogens is 1. The van der Waals surface area contributed by atoms with Gasteiger partial charge in [-0.15, -0.1) is 11.3 Å². The molecule has 30 heavy (non-hydrogen) atoms. The number of hydrogen-bond donors (Lipinski definition) is 1. The molecule has 0 unspecified atom stereocenters. The summed E-state index contributed by atoms with van der Waals surface area (Å²) in [5.74, 6) is 0.896. The molecule has 0 radical (unpaired) electrons. The minimum atomic E-state index is -0.161. The lowest BCUT2D eigenvalue weighted by Gasteiger charge is -2.12. The van der Waals surface area contributed by atoms with Crippen LogP contribution in [0.2, 0.25) is 5.02 Å². The van der Waals surface area contributed by atoms with Crippen LogP contribution in [0, 0.1) is 6.92 Å². The Morgan fingerprint density at radius 1 is 1.03 bits per heavy atom. The number of amides is 1. The molecule has 0 fully saturated rings. The summed E-state index contributed by atoms with van der Waals surface area (Å²) in [5, 5.41) is 6.25. The van der Waals surface area contributed by atoms with Crippen molar-refractivity contribution in [2.75, 3.05) is 5.32 Å². The molecule has 4 rings (SSSR count). The van der Waals surface area contributed by atoms with Gasteiger partial charge in [0.05, 0.1) is 22.8 Å². The molecule has 0 saturated carbocycles. The van der Waals surface area contributed by atoms with Crippen molar-refractivity contribution in [2.45, 2.75) is 13.3 Å². The normalized spacial score (nSPS) is 10.6. The van der Waals surface area contributed by atoms with E-state index in [2.05, 4.69) is 16.4 Å². The molecule has 4 aromatic rings. The van der Waals surface area contributed by atoms with Gasteiger partial charge in [-0.3, -0.25) is 4.79 Å². The highest BCUT2D eigenvalue weighted by molar-refractivity contribution is 7.13. The van der Waals surface area contributed by atoms with Crippen LogP contribution in [-0.2, 0) is 11.2 Å². The highest BCUT2D eigenvalue weighted by atomic mass is 35.5. The quantitative estimate of drug-likeness (QED) is 0.365. The molecule has 4 nitrogen and oxygen atoms in total. The van der Waals surface area contributed by atoms with E-state index in [1.54, 1.807) is 24.3 Å². The molecular weight excluding hydrogens is 416 g/mol. The zero-order chi connectivity index (χ0) is 20.9. The minimum Gasteiger partial charge on any atom is -0.454 e. The van der Waals surface area contributed by atoms with E-state index in [0.29, 0.717) is 22.2 Å². The van der Waals surface area contributed by atoms with Gasteiger partial charge in [0.15, 0.2) is 5.75 Å². The number of benzene rings is 3. The van der Waals surface area contributed by atoms with Gasteiger partial charge in [-0.2, -0.15) is 0 Å². The van der Waals surface area contributed by atoms with Gasteiger partial charge in [-0.1, -0.05) is 59.6 Å². The van der Waals surface area contributed by atoms with Crippen LogP contribution in [0.4, 0.5) is 5.69 Å². The van der Waals surface area contributed by atoms with Crippen molar-refractivity contribution in [3.05, 3.63) is 94.5 Å². The Hall–Kier alpha value is -3.15. The first kappa shape index (κ1) is 20.1. The molecular formula is C24H19ClN2O2S. The molecule has 0 bridgehead atoms. The average Bonchev–Trinajstić information content (AvgIpc) is 3.19. The molecule has 0 spiro atoms. The van der Waals surface area contributed by atoms with Crippen LogP contribution in [0.3, 0.4) is 0 Å². The van der Waals surface area contributed by atoms with Gasteiger partial charge in [0.25, 0.3) is 0 Å². The number of para-hydroxylation sites is 3. The molecule has 0 aliphatic carbocycles. The van der Waals surface area contributed by atoms with Crippen LogP contribution in [0.15, 0.2) is 78.2 Å². The van der Waals surface area contributed by atoms with Gasteiger partial charge in [-0.25, -0.2) is 4.98 Å². The highest BCUT2D eigenvalue weighted by Crippen LogP contribution is 2.33. The van der Waals surface area contributed by atoms with E-state index in [9.17, 15) is 4.79 Å². The molecule has 1 aromatic heterocycles. The van der Waals surface area contributed by atoms with Crippen molar-refractivity contribution in [3.63, 3.8) is 0 Å². The van der Waals surface area contributed by atoms with Crippen molar-refractivity contribution in [1.29, 1.82) is 0 Å². The van der Waals surface area contributed by atoms with Gasteiger partial charge >= 0.3 is 0 Å². The summed E-state index contributed by atoms with van der Waals surface area (Å²) >= 11 is 7.72. The standard InChI is InChI=1S/C24H19ClN2O2S/c1-16-7-6-8-17(13-16)24-26-18(15-30-24)14-23(28)27-20-10-3-5-12-22(20)29-21-11-4-2-9-19(21)25/h2-13,15H,14H2,1H3,(H,27,28). The second kappa shape index (κ2) is 9.11. The number of rotatable bonds is 6. The zero-order valence-electron chi connectivity index (χ0n) is 16.3. The summed E-state index contributed by atoms with van der Waals surface area (Å²) in [5.41, 5.74) is 3.55. The van der Waals surface area contributed by atoms with Crippen LogP contribution in [0.5, 0.6) is 11.5 Å². The van der Waals surface area contributed by atoms with Crippen molar-refractivity contribution in [1.82, 2.24) is 4.98 Å². The van der Waals surface area contributed by atoms with Gasteiger partial charge < -0.3 is 10.1 Å². The third-order valence-electron chi connectivity index (χ3n) is 4.38. The number of aryl methyl sites for hydroxylation is 1. The van der Waals surface area contributed by atoms with Gasteiger partial charge in [-0.05, 0) is 37.3 Å². The zero-order valence-corrected chi connectivity index (χ0v) is 17.8. The molecule has 0 aliphatic heterocycles. The first-order chi connectivity index (χ1) is 14.6. The largest absolute Gasteiger partial charge is 0.454 e. The lowest BCUT2D eigenvalue weighted by Crippen LogP contribution is -2.15. The Balaban J connectivity index is 1.46. The Labute approximate surface area is 184 Å². The Kier molecular flexibility index (Phi) is 6.12. The molecule has 3 aromatic carbocycles. The van der Waals surface area contributed by atoms with Crippen molar-refractivity contribution >= 4 is 34.5 Å². The van der Waals surface area contributed by atoms with Crippen LogP contribution < -0.4 is 10.1 Å². The van der Waals surface area contributed by atoms with Crippen molar-refractivity contribution in [3.8, 4) is 22.1 Å². The van der Waals surface area contributed by atoms with Crippen molar-refractivity contribution in [2.24, 2.45) is 0 Å². The molecule has 0 saturated heterocycles. The van der Waals surface area contributed by atoms with Crippen LogP contribution in [-0.4, -0.2) is 10.9 Å². The molecule has 0 atom stereocenters. The summed E-state index contributed by atoms with van der Waals surface area (Å²) in [4.78, 5) is 17.2. The average molecular weight is 435 g/mol. The predicted molar refractivity (Wildman–Crippen MR) is 123 cm³/mol. The summed E-state index contributed by atoms with van der Waals surface area (Å²) in [6.45, 7) is 2.05. The number of thiazole rings is 1. The SMILES string of the molecule is Cc1cccc(-c2nc(CC(=O)Nc3ccccc3Oc3ccccc3Cl)cs2)c1. The topological polar surface area (TPSA) is 51.2 Å². The van der Waals surface area contributed by atoms with Crippen molar-refractivity contribution < 1.29 is 9.53 Å². The number of ether oxygens (including phenoxy) is 1. The Morgan fingerprint density at radius 3 is 2.60 bits per heavy atom. The summed E-state index contributed by atoms with van der Waals surface area (Å²) in [7, 11) is 0. The van der Waals surface area contributed by atoms with Gasteiger partial charge in [0.2, 0.25) is 5.91 Å². The van der Waals surface area contributed by atoms with E-state index >= 15 is 0 Å². The maximum Gasteiger partial charge on any atom is 0.230 e. The number of anilines is 1. The second-order valence-electron chi connectivity index (χ2n) is 6.77. The van der Waals surface area contributed by atoms with Crippen LogP contribution in [0.1, 0.15) is 11.3 Å². The second-order valence-corrected chi connectivity index (χ2v) is 8.03. The van der Waals surface area contributed by atoms with E-state index in [4.69, 9.17) is 16.3 Å². The Bertz CT molecular complexity index is 1190.